The minimum absolute atomic E-state index is 0.0339. The summed E-state index contributed by atoms with van der Waals surface area (Å²) in [7, 11) is 1.49. The molecule has 6 heteroatoms. The number of likely N-dealkylation sites (tertiary alicyclic amines) is 1. The Balaban J connectivity index is 1.98. The molecular formula is C14H22N2O4. The molecule has 112 valence electrons. The van der Waals surface area contributed by atoms with Crippen molar-refractivity contribution in [3.05, 3.63) is 0 Å². The molecule has 6 nitrogen and oxygen atoms in total. The molecule has 0 radical (unpaired) electrons. The zero-order chi connectivity index (χ0) is 14.9. The highest BCUT2D eigenvalue weighted by atomic mass is 16.4. The van der Waals surface area contributed by atoms with Crippen LogP contribution in [0.25, 0.3) is 0 Å². The van der Waals surface area contributed by atoms with Crippen molar-refractivity contribution in [2.75, 3.05) is 13.6 Å². The van der Waals surface area contributed by atoms with Crippen molar-refractivity contribution >= 4 is 17.8 Å². The van der Waals surface area contributed by atoms with Crippen molar-refractivity contribution in [2.24, 2.45) is 5.92 Å². The van der Waals surface area contributed by atoms with E-state index in [9.17, 15) is 14.4 Å². The molecule has 2 atom stereocenters. The average molecular weight is 282 g/mol. The van der Waals surface area contributed by atoms with E-state index >= 15 is 0 Å². The van der Waals surface area contributed by atoms with Gasteiger partial charge >= 0.3 is 5.97 Å². The smallest absolute Gasteiger partial charge is 0.326 e. The zero-order valence-corrected chi connectivity index (χ0v) is 12.0. The van der Waals surface area contributed by atoms with E-state index in [0.717, 1.165) is 25.7 Å². The molecule has 1 aliphatic heterocycles. The highest BCUT2D eigenvalue weighted by Gasteiger charge is 2.40. The molecule has 1 saturated heterocycles. The van der Waals surface area contributed by atoms with Gasteiger partial charge in [-0.05, 0) is 19.8 Å². The molecule has 0 spiro atoms. The molecule has 20 heavy (non-hydrogen) atoms. The number of amides is 2. The summed E-state index contributed by atoms with van der Waals surface area (Å²) >= 11 is 0. The maximum atomic E-state index is 12.3. The quantitative estimate of drug-likeness (QED) is 0.823. The third-order valence-corrected chi connectivity index (χ3v) is 4.56. The summed E-state index contributed by atoms with van der Waals surface area (Å²) in [6.07, 6.45) is 4.54. The number of nitrogens with zero attached hydrogens (tertiary/aromatic N) is 2. The number of hydrogen-bond acceptors (Lipinski definition) is 3. The van der Waals surface area contributed by atoms with Gasteiger partial charge < -0.3 is 14.9 Å². The lowest BCUT2D eigenvalue weighted by Gasteiger charge is -2.26. The molecule has 1 saturated carbocycles. The number of carboxylic acid groups (broad SMARTS) is 1. The Morgan fingerprint density at radius 3 is 2.50 bits per heavy atom. The molecule has 0 aromatic carbocycles. The van der Waals surface area contributed by atoms with Crippen LogP contribution in [0, 0.1) is 5.92 Å². The van der Waals surface area contributed by atoms with Crippen LogP contribution in [0.2, 0.25) is 0 Å². The van der Waals surface area contributed by atoms with Gasteiger partial charge in [0.1, 0.15) is 6.04 Å². The van der Waals surface area contributed by atoms with Crippen LogP contribution in [0.5, 0.6) is 0 Å². The van der Waals surface area contributed by atoms with Crippen molar-refractivity contribution in [3.8, 4) is 0 Å². The van der Waals surface area contributed by atoms with Crippen LogP contribution in [0.4, 0.5) is 0 Å². The van der Waals surface area contributed by atoms with Gasteiger partial charge in [-0.15, -0.1) is 0 Å². The van der Waals surface area contributed by atoms with Gasteiger partial charge in [-0.1, -0.05) is 12.8 Å². The summed E-state index contributed by atoms with van der Waals surface area (Å²) in [5.74, 6) is -1.63. The maximum absolute atomic E-state index is 12.3. The largest absolute Gasteiger partial charge is 0.480 e. The van der Waals surface area contributed by atoms with Gasteiger partial charge in [0.25, 0.3) is 0 Å². The third-order valence-electron chi connectivity index (χ3n) is 4.56. The van der Waals surface area contributed by atoms with Crippen LogP contribution < -0.4 is 0 Å². The second-order valence-electron chi connectivity index (χ2n) is 5.85. The van der Waals surface area contributed by atoms with Crippen molar-refractivity contribution in [3.63, 3.8) is 0 Å². The van der Waals surface area contributed by atoms with E-state index in [2.05, 4.69) is 0 Å². The first-order valence-electron chi connectivity index (χ1n) is 7.20. The molecular weight excluding hydrogens is 260 g/mol. The Kier molecular flexibility index (Phi) is 4.30. The van der Waals surface area contributed by atoms with E-state index in [1.54, 1.807) is 0 Å². The van der Waals surface area contributed by atoms with Crippen LogP contribution in [0.3, 0.4) is 0 Å². The molecule has 1 aliphatic carbocycles. The summed E-state index contributed by atoms with van der Waals surface area (Å²) in [5, 5.41) is 8.95. The van der Waals surface area contributed by atoms with E-state index in [0.29, 0.717) is 6.54 Å². The van der Waals surface area contributed by atoms with Crippen LogP contribution >= 0.6 is 0 Å². The summed E-state index contributed by atoms with van der Waals surface area (Å²) in [5.41, 5.74) is 0. The van der Waals surface area contributed by atoms with Gasteiger partial charge in [0.05, 0.1) is 5.92 Å². The molecule has 1 heterocycles. The molecule has 0 aromatic rings. The average Bonchev–Trinajstić information content (AvgIpc) is 3.04. The molecule has 2 amide bonds. The van der Waals surface area contributed by atoms with E-state index in [1.165, 1.54) is 18.9 Å². The lowest BCUT2D eigenvalue weighted by Crippen LogP contribution is -2.44. The number of hydrogen-bond donors (Lipinski definition) is 1. The van der Waals surface area contributed by atoms with E-state index in [-0.39, 0.29) is 24.3 Å². The van der Waals surface area contributed by atoms with Crippen LogP contribution in [0.1, 0.15) is 39.0 Å². The fourth-order valence-electron chi connectivity index (χ4n) is 3.11. The van der Waals surface area contributed by atoms with Gasteiger partial charge in [0, 0.05) is 26.1 Å². The van der Waals surface area contributed by atoms with E-state index < -0.39 is 17.9 Å². The second-order valence-corrected chi connectivity index (χ2v) is 5.85. The highest BCUT2D eigenvalue weighted by molar-refractivity contribution is 5.91. The summed E-state index contributed by atoms with van der Waals surface area (Å²) in [4.78, 5) is 38.3. The first-order chi connectivity index (χ1) is 9.41. The second kappa shape index (κ2) is 5.81. The third kappa shape index (κ3) is 2.78. The first kappa shape index (κ1) is 14.8. The van der Waals surface area contributed by atoms with Gasteiger partial charge in [0.15, 0.2) is 0 Å². The van der Waals surface area contributed by atoms with Crippen LogP contribution in [-0.2, 0) is 14.4 Å². The van der Waals surface area contributed by atoms with Gasteiger partial charge in [-0.2, -0.15) is 0 Å². The monoisotopic (exact) mass is 282 g/mol. The Morgan fingerprint density at radius 2 is 1.95 bits per heavy atom. The number of rotatable bonds is 4. The minimum Gasteiger partial charge on any atom is -0.480 e. The number of carbonyl (C=O) groups is 3. The maximum Gasteiger partial charge on any atom is 0.326 e. The van der Waals surface area contributed by atoms with Gasteiger partial charge in [-0.3, -0.25) is 9.59 Å². The predicted molar refractivity (Wildman–Crippen MR) is 71.9 cm³/mol. The van der Waals surface area contributed by atoms with Crippen LogP contribution in [-0.4, -0.2) is 58.4 Å². The Hall–Kier alpha value is -1.59. The van der Waals surface area contributed by atoms with E-state index in [4.69, 9.17) is 5.11 Å². The standard InChI is InChI=1S/C14H22N2O4/c1-9(14(19)20)15(2)13(18)10-7-12(17)16(8-10)11-5-3-4-6-11/h9-11H,3-8H2,1-2H3,(H,19,20)/t9-,10+/m1/s1. The number of aliphatic carboxylic acids is 1. The summed E-state index contributed by atoms with van der Waals surface area (Å²) in [6.45, 7) is 1.92. The number of carboxylic acids is 1. The summed E-state index contributed by atoms with van der Waals surface area (Å²) in [6, 6.07) is -0.583. The molecule has 2 fully saturated rings. The fourth-order valence-corrected chi connectivity index (χ4v) is 3.11. The zero-order valence-electron chi connectivity index (χ0n) is 12.0. The van der Waals surface area contributed by atoms with Crippen molar-refractivity contribution in [1.82, 2.24) is 9.80 Å². The fraction of sp³-hybridized carbons (Fsp3) is 0.786. The lowest BCUT2D eigenvalue weighted by atomic mass is 10.1. The predicted octanol–water partition coefficient (Wildman–Crippen LogP) is 0.709. The van der Waals surface area contributed by atoms with Crippen LogP contribution in [0.15, 0.2) is 0 Å². The number of carbonyl (C=O) groups excluding carboxylic acids is 2. The highest BCUT2D eigenvalue weighted by Crippen LogP contribution is 2.30. The Bertz CT molecular complexity index is 417. The summed E-state index contributed by atoms with van der Waals surface area (Å²) < 4.78 is 0. The van der Waals surface area contributed by atoms with E-state index in [1.807, 2.05) is 4.90 Å². The lowest BCUT2D eigenvalue weighted by molar-refractivity contribution is -0.149. The molecule has 2 aliphatic rings. The Morgan fingerprint density at radius 1 is 1.35 bits per heavy atom. The molecule has 0 aromatic heterocycles. The normalized spacial score (nSPS) is 25.0. The van der Waals surface area contributed by atoms with Crippen molar-refractivity contribution in [1.29, 1.82) is 0 Å². The molecule has 0 bridgehead atoms. The topological polar surface area (TPSA) is 77.9 Å². The van der Waals surface area contributed by atoms with Crippen molar-refractivity contribution in [2.45, 2.75) is 51.1 Å². The molecule has 0 unspecified atom stereocenters. The number of likely N-dealkylation sites (N-methyl/N-ethyl adjacent to an activating group) is 1. The molecule has 1 N–H and O–H groups in total. The van der Waals surface area contributed by atoms with Gasteiger partial charge in [-0.25, -0.2) is 4.79 Å². The first-order valence-corrected chi connectivity index (χ1v) is 7.20. The SMILES string of the molecule is C[C@H](C(=O)O)N(C)C(=O)[C@H]1CC(=O)N(C2CCCC2)C1. The van der Waals surface area contributed by atoms with Gasteiger partial charge in [0.2, 0.25) is 11.8 Å². The van der Waals surface area contributed by atoms with Crippen molar-refractivity contribution < 1.29 is 19.5 Å². The Labute approximate surface area is 118 Å². The molecule has 2 rings (SSSR count). The minimum atomic E-state index is -1.03.